The van der Waals surface area contributed by atoms with Crippen LogP contribution in [0.3, 0.4) is 0 Å². The Morgan fingerprint density at radius 3 is 3.11 bits per heavy atom. The zero-order chi connectivity index (χ0) is 13.0. The first-order valence-corrected chi connectivity index (χ1v) is 7.67. The average Bonchev–Trinajstić information content (AvgIpc) is 2.88. The number of piperidine rings is 1. The molecule has 0 radical (unpaired) electrons. The molecular weight excluding hydrogens is 244 g/mol. The van der Waals surface area contributed by atoms with Gasteiger partial charge in [0, 0.05) is 25.6 Å². The van der Waals surface area contributed by atoms with Gasteiger partial charge in [-0.1, -0.05) is 6.92 Å². The molecule has 2 atom stereocenters. The van der Waals surface area contributed by atoms with E-state index in [0.29, 0.717) is 18.9 Å². The zero-order valence-electron chi connectivity index (χ0n) is 11.0. The van der Waals surface area contributed by atoms with Crippen molar-refractivity contribution in [3.8, 4) is 0 Å². The Morgan fingerprint density at radius 1 is 1.61 bits per heavy atom. The van der Waals surface area contributed by atoms with Crippen LogP contribution in [-0.2, 0) is 11.2 Å². The molecule has 2 heterocycles. The third kappa shape index (κ3) is 3.12. The lowest BCUT2D eigenvalue weighted by Crippen LogP contribution is -2.51. The van der Waals surface area contributed by atoms with E-state index in [2.05, 4.69) is 23.8 Å². The number of rotatable bonds is 4. The van der Waals surface area contributed by atoms with Gasteiger partial charge in [0.25, 0.3) is 0 Å². The number of likely N-dealkylation sites (tertiary alicyclic amines) is 1. The highest BCUT2D eigenvalue weighted by Crippen LogP contribution is 2.23. The molecule has 1 aliphatic heterocycles. The molecule has 1 fully saturated rings. The Hall–Kier alpha value is -0.870. The number of nitrogens with two attached hydrogens (primary N) is 1. The maximum atomic E-state index is 12.3. The fourth-order valence-electron chi connectivity index (χ4n) is 2.75. The van der Waals surface area contributed by atoms with Crippen LogP contribution in [-0.4, -0.2) is 29.9 Å². The van der Waals surface area contributed by atoms with Crippen molar-refractivity contribution in [2.45, 2.75) is 38.6 Å². The highest BCUT2D eigenvalue weighted by Gasteiger charge is 2.30. The van der Waals surface area contributed by atoms with Crippen LogP contribution in [0, 0.1) is 5.92 Å². The van der Waals surface area contributed by atoms with Crippen molar-refractivity contribution in [1.29, 1.82) is 0 Å². The number of nitrogens with zero attached hydrogens (tertiary/aromatic N) is 1. The van der Waals surface area contributed by atoms with E-state index in [9.17, 15) is 4.79 Å². The van der Waals surface area contributed by atoms with Crippen LogP contribution in [0.5, 0.6) is 0 Å². The summed E-state index contributed by atoms with van der Waals surface area (Å²) < 4.78 is 0. The highest BCUT2D eigenvalue weighted by molar-refractivity contribution is 7.07. The number of aryl methyl sites for hydroxylation is 1. The lowest BCUT2D eigenvalue weighted by Gasteiger charge is -2.39. The van der Waals surface area contributed by atoms with Crippen molar-refractivity contribution in [2.75, 3.05) is 13.1 Å². The van der Waals surface area contributed by atoms with Gasteiger partial charge in [-0.25, -0.2) is 0 Å². The van der Waals surface area contributed by atoms with Gasteiger partial charge in [-0.15, -0.1) is 0 Å². The molecule has 2 unspecified atom stereocenters. The third-order valence-electron chi connectivity index (χ3n) is 3.89. The lowest BCUT2D eigenvalue weighted by molar-refractivity contribution is -0.136. The topological polar surface area (TPSA) is 46.3 Å². The van der Waals surface area contributed by atoms with Crippen molar-refractivity contribution in [1.82, 2.24) is 4.90 Å². The SMILES string of the molecule is CC1CCCN(C(=O)CCc2ccsc2)C1CN. The molecule has 2 rings (SSSR count). The molecule has 1 aromatic heterocycles. The van der Waals surface area contributed by atoms with Gasteiger partial charge < -0.3 is 10.6 Å². The largest absolute Gasteiger partial charge is 0.338 e. The molecule has 4 heteroatoms. The second-order valence-electron chi connectivity index (χ2n) is 5.14. The van der Waals surface area contributed by atoms with E-state index in [1.807, 2.05) is 4.90 Å². The molecule has 0 bridgehead atoms. The van der Waals surface area contributed by atoms with E-state index in [1.54, 1.807) is 11.3 Å². The maximum absolute atomic E-state index is 12.3. The molecule has 1 saturated heterocycles. The quantitative estimate of drug-likeness (QED) is 0.908. The molecule has 2 N–H and O–H groups in total. The number of carbonyl (C=O) groups is 1. The molecule has 1 aliphatic rings. The normalized spacial score (nSPS) is 24.2. The summed E-state index contributed by atoms with van der Waals surface area (Å²) in [4.78, 5) is 14.3. The van der Waals surface area contributed by atoms with E-state index in [0.717, 1.165) is 19.4 Å². The first-order chi connectivity index (χ1) is 8.72. The van der Waals surface area contributed by atoms with Gasteiger partial charge in [0.2, 0.25) is 5.91 Å². The lowest BCUT2D eigenvalue weighted by atomic mass is 9.90. The molecule has 3 nitrogen and oxygen atoms in total. The highest BCUT2D eigenvalue weighted by atomic mass is 32.1. The van der Waals surface area contributed by atoms with Crippen molar-refractivity contribution >= 4 is 17.2 Å². The Morgan fingerprint density at radius 2 is 2.44 bits per heavy atom. The summed E-state index contributed by atoms with van der Waals surface area (Å²) in [6.07, 6.45) is 3.77. The van der Waals surface area contributed by atoms with Gasteiger partial charge >= 0.3 is 0 Å². The summed E-state index contributed by atoms with van der Waals surface area (Å²) in [5.74, 6) is 0.803. The molecule has 0 aromatic carbocycles. The summed E-state index contributed by atoms with van der Waals surface area (Å²) in [5, 5.41) is 4.18. The van der Waals surface area contributed by atoms with Crippen LogP contribution in [0.4, 0.5) is 0 Å². The smallest absolute Gasteiger partial charge is 0.223 e. The second-order valence-corrected chi connectivity index (χ2v) is 5.92. The molecule has 0 aliphatic carbocycles. The van der Waals surface area contributed by atoms with Gasteiger partial charge in [0.15, 0.2) is 0 Å². The van der Waals surface area contributed by atoms with Crippen LogP contribution >= 0.6 is 11.3 Å². The van der Waals surface area contributed by atoms with Crippen LogP contribution in [0.1, 0.15) is 31.7 Å². The van der Waals surface area contributed by atoms with Gasteiger partial charge in [0.1, 0.15) is 0 Å². The number of amides is 1. The summed E-state index contributed by atoms with van der Waals surface area (Å²) in [6.45, 7) is 3.68. The van der Waals surface area contributed by atoms with Crippen LogP contribution in [0.25, 0.3) is 0 Å². The molecule has 100 valence electrons. The molecule has 0 saturated carbocycles. The standard InChI is InChI=1S/C14H22N2OS/c1-11-3-2-7-16(13(11)9-15)14(17)5-4-12-6-8-18-10-12/h6,8,10-11,13H,2-5,7,9,15H2,1H3. The fourth-order valence-corrected chi connectivity index (χ4v) is 3.45. The minimum atomic E-state index is 0.244. The average molecular weight is 266 g/mol. The van der Waals surface area contributed by atoms with Crippen molar-refractivity contribution in [3.05, 3.63) is 22.4 Å². The summed E-state index contributed by atoms with van der Waals surface area (Å²) in [7, 11) is 0. The number of thiophene rings is 1. The predicted octanol–water partition coefficient (Wildman–Crippen LogP) is 2.27. The first-order valence-electron chi connectivity index (χ1n) is 6.73. The Labute approximate surface area is 113 Å². The monoisotopic (exact) mass is 266 g/mol. The summed E-state index contributed by atoms with van der Waals surface area (Å²) in [6, 6.07) is 2.34. The molecule has 18 heavy (non-hydrogen) atoms. The fraction of sp³-hybridized carbons (Fsp3) is 0.643. The van der Waals surface area contributed by atoms with Crippen molar-refractivity contribution < 1.29 is 4.79 Å². The molecule has 1 amide bonds. The van der Waals surface area contributed by atoms with Crippen molar-refractivity contribution in [2.24, 2.45) is 11.7 Å². The molecular formula is C14H22N2OS. The van der Waals surface area contributed by atoms with Crippen LogP contribution < -0.4 is 5.73 Å². The van der Waals surface area contributed by atoms with E-state index in [4.69, 9.17) is 5.73 Å². The number of hydrogen-bond acceptors (Lipinski definition) is 3. The Kier molecular flexibility index (Phi) is 4.78. The van der Waals surface area contributed by atoms with E-state index < -0.39 is 0 Å². The third-order valence-corrected chi connectivity index (χ3v) is 4.62. The van der Waals surface area contributed by atoms with Crippen LogP contribution in [0.2, 0.25) is 0 Å². The predicted molar refractivity (Wildman–Crippen MR) is 75.6 cm³/mol. The number of hydrogen-bond donors (Lipinski definition) is 1. The van der Waals surface area contributed by atoms with Gasteiger partial charge in [-0.3, -0.25) is 4.79 Å². The second kappa shape index (κ2) is 6.34. The van der Waals surface area contributed by atoms with Gasteiger partial charge in [-0.2, -0.15) is 11.3 Å². The van der Waals surface area contributed by atoms with Gasteiger partial charge in [-0.05, 0) is 47.6 Å². The molecule has 0 spiro atoms. The number of carbonyl (C=O) groups excluding carboxylic acids is 1. The summed E-state index contributed by atoms with van der Waals surface area (Å²) >= 11 is 1.69. The first kappa shape index (κ1) is 13.6. The molecule has 1 aromatic rings. The van der Waals surface area contributed by atoms with E-state index >= 15 is 0 Å². The minimum Gasteiger partial charge on any atom is -0.338 e. The summed E-state index contributed by atoms with van der Waals surface area (Å²) in [5.41, 5.74) is 7.09. The minimum absolute atomic E-state index is 0.244. The van der Waals surface area contributed by atoms with Crippen molar-refractivity contribution in [3.63, 3.8) is 0 Å². The van der Waals surface area contributed by atoms with Gasteiger partial charge in [0.05, 0.1) is 0 Å². The van der Waals surface area contributed by atoms with E-state index in [1.165, 1.54) is 12.0 Å². The Bertz CT molecular complexity index is 377. The zero-order valence-corrected chi connectivity index (χ0v) is 11.8. The Balaban J connectivity index is 1.90. The van der Waals surface area contributed by atoms with E-state index in [-0.39, 0.29) is 11.9 Å². The maximum Gasteiger partial charge on any atom is 0.223 e. The van der Waals surface area contributed by atoms with Crippen LogP contribution in [0.15, 0.2) is 16.8 Å².